The predicted molar refractivity (Wildman–Crippen MR) is 81.4 cm³/mol. The monoisotopic (exact) mass is 291 g/mol. The molecule has 1 aromatic carbocycles. The zero-order valence-corrected chi connectivity index (χ0v) is 12.1. The summed E-state index contributed by atoms with van der Waals surface area (Å²) in [5.41, 5.74) is 2.90. The molecule has 0 aliphatic rings. The van der Waals surface area contributed by atoms with E-state index in [1.807, 2.05) is 28.8 Å². The number of H-pyrrole nitrogens is 1. The lowest BCUT2D eigenvalue weighted by molar-refractivity contribution is 0.678. The summed E-state index contributed by atoms with van der Waals surface area (Å²) in [6.45, 7) is 0.649. The lowest BCUT2D eigenvalue weighted by Gasteiger charge is -2.05. The van der Waals surface area contributed by atoms with E-state index in [-0.39, 0.29) is 0 Å². The van der Waals surface area contributed by atoms with Gasteiger partial charge in [-0.1, -0.05) is 18.2 Å². The van der Waals surface area contributed by atoms with Gasteiger partial charge in [0.2, 0.25) is 0 Å². The van der Waals surface area contributed by atoms with Crippen LogP contribution in [0.3, 0.4) is 0 Å². The molecule has 1 unspecified atom stereocenters. The highest BCUT2D eigenvalue weighted by Gasteiger charge is 2.09. The third kappa shape index (κ3) is 2.21. The molecule has 0 aliphatic heterocycles. The van der Waals surface area contributed by atoms with Crippen LogP contribution in [0.25, 0.3) is 21.9 Å². The summed E-state index contributed by atoms with van der Waals surface area (Å²) < 4.78 is 14.0. The Labute approximate surface area is 117 Å². The van der Waals surface area contributed by atoms with Crippen LogP contribution in [-0.4, -0.2) is 30.8 Å². The topological polar surface area (TPSA) is 50.7 Å². The Balaban J connectivity index is 2.30. The lowest BCUT2D eigenvalue weighted by atomic mass is 10.2. The van der Waals surface area contributed by atoms with Crippen molar-refractivity contribution in [1.82, 2.24) is 14.5 Å². The van der Waals surface area contributed by atoms with Crippen molar-refractivity contribution in [2.24, 2.45) is 0 Å². The highest BCUT2D eigenvalue weighted by Crippen LogP contribution is 2.23. The summed E-state index contributed by atoms with van der Waals surface area (Å²) >= 11 is 5.35. The molecule has 0 aliphatic carbocycles. The molecule has 0 fully saturated rings. The summed E-state index contributed by atoms with van der Waals surface area (Å²) in [5.74, 6) is 0.595. The fourth-order valence-corrected chi connectivity index (χ4v) is 2.96. The van der Waals surface area contributed by atoms with Gasteiger partial charge in [0.25, 0.3) is 0 Å². The highest BCUT2D eigenvalue weighted by molar-refractivity contribution is 7.84. The minimum absolute atomic E-state index is 0.595. The van der Waals surface area contributed by atoms with Crippen LogP contribution < -0.4 is 0 Å². The van der Waals surface area contributed by atoms with Crippen molar-refractivity contribution in [2.45, 2.75) is 6.54 Å². The first-order chi connectivity index (χ1) is 9.16. The van der Waals surface area contributed by atoms with Crippen molar-refractivity contribution in [2.75, 3.05) is 12.0 Å². The Hall–Kier alpha value is -1.53. The molecule has 1 N–H and O–H groups in total. The number of aromatic nitrogens is 3. The minimum atomic E-state index is -0.832. The molecule has 6 heteroatoms. The van der Waals surface area contributed by atoms with Crippen LogP contribution in [0.1, 0.15) is 0 Å². The van der Waals surface area contributed by atoms with E-state index in [1.54, 1.807) is 12.5 Å². The number of para-hydroxylation sites is 1. The first kappa shape index (κ1) is 12.5. The molecule has 0 bridgehead atoms. The summed E-state index contributed by atoms with van der Waals surface area (Å²) in [4.78, 5) is 7.57. The number of benzene rings is 1. The largest absolute Gasteiger partial charge is 0.329 e. The zero-order chi connectivity index (χ0) is 13.4. The number of nitrogens with zero attached hydrogens (tertiary/aromatic N) is 2. The van der Waals surface area contributed by atoms with Crippen molar-refractivity contribution in [1.29, 1.82) is 0 Å². The number of rotatable bonds is 3. The maximum absolute atomic E-state index is 11.3. The van der Waals surface area contributed by atoms with Crippen LogP contribution in [0.5, 0.6) is 0 Å². The van der Waals surface area contributed by atoms with Gasteiger partial charge in [-0.25, -0.2) is 0 Å². The molecule has 3 aromatic rings. The fraction of sp³-hybridized carbons (Fsp3) is 0.231. The Morgan fingerprint density at radius 1 is 1.42 bits per heavy atom. The second-order valence-corrected chi connectivity index (χ2v) is 6.34. The molecule has 0 saturated heterocycles. The number of hydrogen-bond donors (Lipinski definition) is 1. The average molecular weight is 291 g/mol. The van der Waals surface area contributed by atoms with Crippen molar-refractivity contribution >= 4 is 45.0 Å². The van der Waals surface area contributed by atoms with Crippen molar-refractivity contribution < 1.29 is 4.21 Å². The molecule has 0 amide bonds. The number of nitrogens with one attached hydrogen (secondary N) is 1. The van der Waals surface area contributed by atoms with Crippen molar-refractivity contribution in [3.05, 3.63) is 35.2 Å². The second kappa shape index (κ2) is 4.86. The molecule has 1 atom stereocenters. The van der Waals surface area contributed by atoms with Crippen LogP contribution in [0.4, 0.5) is 0 Å². The third-order valence-corrected chi connectivity index (χ3v) is 4.19. The molecular formula is C13H13N3OS2. The van der Waals surface area contributed by atoms with Gasteiger partial charge in [0.1, 0.15) is 0 Å². The van der Waals surface area contributed by atoms with Crippen molar-refractivity contribution in [3.63, 3.8) is 0 Å². The molecule has 2 heterocycles. The Kier molecular flexibility index (Phi) is 3.20. The summed E-state index contributed by atoms with van der Waals surface area (Å²) in [6, 6.07) is 7.97. The molecule has 0 spiro atoms. The van der Waals surface area contributed by atoms with E-state index in [4.69, 9.17) is 12.2 Å². The molecular weight excluding hydrogens is 278 g/mol. The number of aryl methyl sites for hydroxylation is 1. The maximum Gasteiger partial charge on any atom is 0.178 e. The third-order valence-electron chi connectivity index (χ3n) is 3.11. The Morgan fingerprint density at radius 3 is 3.00 bits per heavy atom. The van der Waals surface area contributed by atoms with Gasteiger partial charge in [0.05, 0.1) is 22.7 Å². The summed E-state index contributed by atoms with van der Waals surface area (Å²) in [5, 5.41) is 1.06. The highest BCUT2D eigenvalue weighted by atomic mass is 32.2. The van der Waals surface area contributed by atoms with Crippen LogP contribution in [0.2, 0.25) is 0 Å². The van der Waals surface area contributed by atoms with Gasteiger partial charge in [-0.3, -0.25) is 9.19 Å². The zero-order valence-electron chi connectivity index (χ0n) is 10.4. The van der Waals surface area contributed by atoms with Gasteiger partial charge in [-0.15, -0.1) is 0 Å². The van der Waals surface area contributed by atoms with Gasteiger partial charge in [0, 0.05) is 34.7 Å². The van der Waals surface area contributed by atoms with Crippen LogP contribution >= 0.6 is 12.2 Å². The number of hydrogen-bond acceptors (Lipinski definition) is 3. The van der Waals surface area contributed by atoms with E-state index >= 15 is 0 Å². The Morgan fingerprint density at radius 2 is 2.21 bits per heavy atom. The van der Waals surface area contributed by atoms with E-state index in [9.17, 15) is 4.21 Å². The van der Waals surface area contributed by atoms with E-state index < -0.39 is 10.8 Å². The fourth-order valence-electron chi connectivity index (χ4n) is 2.23. The number of pyridine rings is 1. The second-order valence-electron chi connectivity index (χ2n) is 4.40. The maximum atomic E-state index is 11.3. The molecule has 0 radical (unpaired) electrons. The number of fused-ring (bicyclic) bond motifs is 3. The molecule has 19 heavy (non-hydrogen) atoms. The summed E-state index contributed by atoms with van der Waals surface area (Å²) in [6.07, 6.45) is 3.50. The van der Waals surface area contributed by atoms with Gasteiger partial charge < -0.3 is 9.55 Å². The minimum Gasteiger partial charge on any atom is -0.329 e. The van der Waals surface area contributed by atoms with Crippen LogP contribution in [0.15, 0.2) is 30.5 Å². The van der Waals surface area contributed by atoms with Crippen LogP contribution in [-0.2, 0) is 17.3 Å². The van der Waals surface area contributed by atoms with Gasteiger partial charge in [-0.05, 0) is 18.3 Å². The summed E-state index contributed by atoms with van der Waals surface area (Å²) in [7, 11) is -0.832. The van der Waals surface area contributed by atoms with Crippen molar-refractivity contribution in [3.8, 4) is 0 Å². The standard InChI is InChI=1S/C13H13N3OS2/c1-19(17)7-6-16-12-9-4-2-3-5-10(9)14-8-11(12)15-13(16)18/h2-5,8H,6-7H2,1H3,(H,15,18). The quantitative estimate of drug-likeness (QED) is 0.755. The molecule has 4 nitrogen and oxygen atoms in total. The molecule has 2 aromatic heterocycles. The number of aromatic amines is 1. The molecule has 3 rings (SSSR count). The SMILES string of the molecule is CS(=O)CCn1c(=S)[nH]c2cnc3ccccc3c21. The first-order valence-corrected chi connectivity index (χ1v) is 8.06. The van der Waals surface area contributed by atoms with E-state index in [1.165, 1.54) is 0 Å². The molecule has 0 saturated carbocycles. The normalized spacial score (nSPS) is 13.1. The molecule has 98 valence electrons. The first-order valence-electron chi connectivity index (χ1n) is 5.93. The van der Waals surface area contributed by atoms with Gasteiger partial charge in [0.15, 0.2) is 4.77 Å². The van der Waals surface area contributed by atoms with Crippen LogP contribution in [0, 0.1) is 4.77 Å². The van der Waals surface area contributed by atoms with Gasteiger partial charge in [-0.2, -0.15) is 0 Å². The number of imidazole rings is 1. The predicted octanol–water partition coefficient (Wildman–Crippen LogP) is 2.63. The Bertz CT molecular complexity index is 835. The van der Waals surface area contributed by atoms with E-state index in [0.717, 1.165) is 21.9 Å². The van der Waals surface area contributed by atoms with Gasteiger partial charge >= 0.3 is 0 Å². The van der Waals surface area contributed by atoms with E-state index in [0.29, 0.717) is 17.1 Å². The van der Waals surface area contributed by atoms with E-state index in [2.05, 4.69) is 9.97 Å². The smallest absolute Gasteiger partial charge is 0.178 e. The lowest BCUT2D eigenvalue weighted by Crippen LogP contribution is -2.06. The average Bonchev–Trinajstić information content (AvgIpc) is 2.72.